The zero-order valence-electron chi connectivity index (χ0n) is 15.8. The lowest BCUT2D eigenvalue weighted by molar-refractivity contribution is 0.237. The van der Waals surface area contributed by atoms with Crippen molar-refractivity contribution >= 4 is 17.4 Å². The summed E-state index contributed by atoms with van der Waals surface area (Å²) in [6, 6.07) is 11.7. The maximum absolute atomic E-state index is 6.05. The lowest BCUT2D eigenvalue weighted by Gasteiger charge is -2.26. The Kier molecular flexibility index (Phi) is 6.14. The highest BCUT2D eigenvalue weighted by molar-refractivity contribution is 6.30. The molecule has 0 aliphatic carbocycles. The van der Waals surface area contributed by atoms with Crippen LogP contribution in [0.25, 0.3) is 22.5 Å². The third-order valence-electron chi connectivity index (χ3n) is 5.03. The second kappa shape index (κ2) is 9.13. The highest BCUT2D eigenvalue weighted by Crippen LogP contribution is 2.29. The Morgan fingerprint density at radius 1 is 0.964 bits per heavy atom. The van der Waals surface area contributed by atoms with E-state index >= 15 is 0 Å². The van der Waals surface area contributed by atoms with Gasteiger partial charge in [-0.1, -0.05) is 30.2 Å². The van der Waals surface area contributed by atoms with Crippen LogP contribution in [-0.2, 0) is 0 Å². The molecular formula is C22H24ClN5. The van der Waals surface area contributed by atoms with Gasteiger partial charge in [0.2, 0.25) is 0 Å². The fourth-order valence-corrected chi connectivity index (χ4v) is 3.63. The molecule has 5 nitrogen and oxygen atoms in total. The molecule has 2 aromatic heterocycles. The van der Waals surface area contributed by atoms with E-state index in [1.165, 1.54) is 32.4 Å². The largest absolute Gasteiger partial charge is 0.368 e. The van der Waals surface area contributed by atoms with Crippen LogP contribution >= 0.6 is 11.6 Å². The molecule has 3 aromatic rings. The summed E-state index contributed by atoms with van der Waals surface area (Å²) in [6.45, 7) is 4.25. The molecule has 4 rings (SSSR count). The molecule has 1 N–H and O–H groups in total. The van der Waals surface area contributed by atoms with Crippen LogP contribution < -0.4 is 5.32 Å². The predicted octanol–water partition coefficient (Wildman–Crippen LogP) is 4.76. The molecule has 0 bridgehead atoms. The molecule has 3 heterocycles. The second-order valence-electron chi connectivity index (χ2n) is 7.03. The maximum atomic E-state index is 6.05. The van der Waals surface area contributed by atoms with E-state index in [1.54, 1.807) is 12.4 Å². The van der Waals surface area contributed by atoms with Gasteiger partial charge in [0, 0.05) is 47.8 Å². The molecule has 0 unspecified atom stereocenters. The smallest absolute Gasteiger partial charge is 0.163 e. The van der Waals surface area contributed by atoms with Crippen molar-refractivity contribution in [2.75, 3.05) is 31.5 Å². The SMILES string of the molecule is Clc1ccc(-c2cnc(-c3cccnc3)nc2NCCN2CCCCC2)cc1. The van der Waals surface area contributed by atoms with Crippen molar-refractivity contribution in [3.05, 3.63) is 60.0 Å². The number of rotatable bonds is 6. The molecule has 1 aromatic carbocycles. The maximum Gasteiger partial charge on any atom is 0.163 e. The average molecular weight is 394 g/mol. The first kappa shape index (κ1) is 18.8. The monoisotopic (exact) mass is 393 g/mol. The van der Waals surface area contributed by atoms with Crippen LogP contribution in [0.15, 0.2) is 55.0 Å². The lowest BCUT2D eigenvalue weighted by Crippen LogP contribution is -2.33. The standard InChI is InChI=1S/C22H24ClN5/c23-19-8-6-17(7-9-19)20-16-26-21(18-5-4-10-24-15-18)27-22(20)25-11-14-28-12-2-1-3-13-28/h4-10,15-16H,1-3,11-14H2,(H,25,26,27). The fraction of sp³-hybridized carbons (Fsp3) is 0.318. The number of nitrogens with zero attached hydrogens (tertiary/aromatic N) is 4. The van der Waals surface area contributed by atoms with E-state index in [0.717, 1.165) is 40.6 Å². The molecule has 1 fully saturated rings. The number of nitrogens with one attached hydrogen (secondary N) is 1. The van der Waals surface area contributed by atoms with Crippen LogP contribution in [0.1, 0.15) is 19.3 Å². The fourth-order valence-electron chi connectivity index (χ4n) is 3.51. The molecule has 1 aliphatic rings. The van der Waals surface area contributed by atoms with Crippen molar-refractivity contribution in [2.24, 2.45) is 0 Å². The van der Waals surface area contributed by atoms with E-state index in [-0.39, 0.29) is 0 Å². The number of pyridine rings is 1. The summed E-state index contributed by atoms with van der Waals surface area (Å²) in [5.41, 5.74) is 2.93. The first-order chi connectivity index (χ1) is 13.8. The van der Waals surface area contributed by atoms with Gasteiger partial charge < -0.3 is 10.2 Å². The number of piperidine rings is 1. The minimum atomic E-state index is 0.672. The van der Waals surface area contributed by atoms with Crippen LogP contribution in [0.2, 0.25) is 5.02 Å². The van der Waals surface area contributed by atoms with E-state index in [2.05, 4.69) is 20.2 Å². The minimum absolute atomic E-state index is 0.672. The third-order valence-corrected chi connectivity index (χ3v) is 5.28. The van der Waals surface area contributed by atoms with Gasteiger partial charge in [0.05, 0.1) is 0 Å². The summed E-state index contributed by atoms with van der Waals surface area (Å²) >= 11 is 6.05. The van der Waals surface area contributed by atoms with E-state index < -0.39 is 0 Å². The van der Waals surface area contributed by atoms with Gasteiger partial charge in [-0.15, -0.1) is 0 Å². The molecule has 28 heavy (non-hydrogen) atoms. The Morgan fingerprint density at radius 3 is 2.54 bits per heavy atom. The quantitative estimate of drug-likeness (QED) is 0.654. The highest BCUT2D eigenvalue weighted by atomic mass is 35.5. The van der Waals surface area contributed by atoms with Crippen LogP contribution in [0, 0.1) is 0 Å². The molecule has 0 atom stereocenters. The second-order valence-corrected chi connectivity index (χ2v) is 7.47. The molecule has 0 amide bonds. The summed E-state index contributed by atoms with van der Waals surface area (Å²) in [5, 5.41) is 4.26. The first-order valence-electron chi connectivity index (χ1n) is 9.79. The van der Waals surface area contributed by atoms with E-state index in [0.29, 0.717) is 5.82 Å². The number of anilines is 1. The predicted molar refractivity (Wildman–Crippen MR) is 114 cm³/mol. The molecule has 1 saturated heterocycles. The van der Waals surface area contributed by atoms with Gasteiger partial charge >= 0.3 is 0 Å². The van der Waals surface area contributed by atoms with Crippen molar-refractivity contribution in [3.63, 3.8) is 0 Å². The van der Waals surface area contributed by atoms with Gasteiger partial charge in [0.15, 0.2) is 5.82 Å². The van der Waals surface area contributed by atoms with Crippen LogP contribution in [0.5, 0.6) is 0 Å². The van der Waals surface area contributed by atoms with Gasteiger partial charge in [0.25, 0.3) is 0 Å². The number of hydrogen-bond acceptors (Lipinski definition) is 5. The zero-order chi connectivity index (χ0) is 19.2. The van der Waals surface area contributed by atoms with Gasteiger partial charge in [-0.05, 0) is 55.8 Å². The third kappa shape index (κ3) is 4.66. The van der Waals surface area contributed by atoms with Crippen molar-refractivity contribution in [1.82, 2.24) is 19.9 Å². The summed E-state index contributed by atoms with van der Waals surface area (Å²) < 4.78 is 0. The summed E-state index contributed by atoms with van der Waals surface area (Å²) in [4.78, 5) is 16.1. The molecule has 6 heteroatoms. The average Bonchev–Trinajstić information content (AvgIpc) is 2.76. The van der Waals surface area contributed by atoms with E-state index in [1.807, 2.05) is 42.6 Å². The van der Waals surface area contributed by atoms with Crippen LogP contribution in [0.4, 0.5) is 5.82 Å². The Balaban J connectivity index is 1.58. The first-order valence-corrected chi connectivity index (χ1v) is 10.2. The summed E-state index contributed by atoms with van der Waals surface area (Å²) in [7, 11) is 0. The Hall–Kier alpha value is -2.50. The molecular weight excluding hydrogens is 370 g/mol. The lowest BCUT2D eigenvalue weighted by atomic mass is 10.1. The van der Waals surface area contributed by atoms with Crippen molar-refractivity contribution < 1.29 is 0 Å². The van der Waals surface area contributed by atoms with E-state index in [4.69, 9.17) is 16.6 Å². The highest BCUT2D eigenvalue weighted by Gasteiger charge is 2.13. The molecule has 1 aliphatic heterocycles. The summed E-state index contributed by atoms with van der Waals surface area (Å²) in [6.07, 6.45) is 9.37. The van der Waals surface area contributed by atoms with Gasteiger partial charge in [-0.3, -0.25) is 4.98 Å². The number of likely N-dealkylation sites (tertiary alicyclic amines) is 1. The van der Waals surface area contributed by atoms with Gasteiger partial charge in [0.1, 0.15) is 5.82 Å². The Morgan fingerprint density at radius 2 is 1.79 bits per heavy atom. The Labute approximate surface area is 170 Å². The molecule has 144 valence electrons. The van der Waals surface area contributed by atoms with Crippen LogP contribution in [0.3, 0.4) is 0 Å². The number of aromatic nitrogens is 3. The number of halogens is 1. The molecule has 0 saturated carbocycles. The minimum Gasteiger partial charge on any atom is -0.368 e. The van der Waals surface area contributed by atoms with Crippen LogP contribution in [-0.4, -0.2) is 46.0 Å². The Bertz CT molecular complexity index is 893. The number of hydrogen-bond donors (Lipinski definition) is 1. The molecule has 0 spiro atoms. The normalized spacial score (nSPS) is 14.8. The van der Waals surface area contributed by atoms with Gasteiger partial charge in [-0.25, -0.2) is 9.97 Å². The topological polar surface area (TPSA) is 53.9 Å². The van der Waals surface area contributed by atoms with Crippen molar-refractivity contribution in [3.8, 4) is 22.5 Å². The zero-order valence-corrected chi connectivity index (χ0v) is 16.6. The van der Waals surface area contributed by atoms with Crippen molar-refractivity contribution in [2.45, 2.75) is 19.3 Å². The van der Waals surface area contributed by atoms with Gasteiger partial charge in [-0.2, -0.15) is 0 Å². The van der Waals surface area contributed by atoms with Crippen molar-refractivity contribution in [1.29, 1.82) is 0 Å². The number of benzene rings is 1. The van der Waals surface area contributed by atoms with E-state index in [9.17, 15) is 0 Å². The molecule has 0 radical (unpaired) electrons. The summed E-state index contributed by atoms with van der Waals surface area (Å²) in [5.74, 6) is 1.51.